The van der Waals surface area contributed by atoms with Crippen LogP contribution in [0, 0.1) is 0 Å². The van der Waals surface area contributed by atoms with Crippen molar-refractivity contribution < 1.29 is 9.53 Å². The molecular weight excluding hydrogens is 206 g/mol. The lowest BCUT2D eigenvalue weighted by Gasteiger charge is -2.40. The molecule has 0 aromatic rings. The van der Waals surface area contributed by atoms with E-state index in [1.807, 2.05) is 0 Å². The highest BCUT2D eigenvalue weighted by atomic mass is 16.5. The highest BCUT2D eigenvalue weighted by Gasteiger charge is 2.47. The highest BCUT2D eigenvalue weighted by molar-refractivity contribution is 5.85. The molecule has 0 aromatic carbocycles. The molecule has 5 nitrogen and oxygen atoms in total. The highest BCUT2D eigenvalue weighted by Crippen LogP contribution is 2.28. The predicted octanol–water partition coefficient (Wildman–Crippen LogP) is -0.732. The lowest BCUT2D eigenvalue weighted by Crippen LogP contribution is -2.61. The SMILES string of the molecule is CCN1CCC(C(N)=O)(N2CCOCC2)C1. The van der Waals surface area contributed by atoms with E-state index in [2.05, 4.69) is 16.7 Å². The summed E-state index contributed by atoms with van der Waals surface area (Å²) < 4.78 is 5.33. The quantitative estimate of drug-likeness (QED) is 0.690. The van der Waals surface area contributed by atoms with Crippen molar-refractivity contribution in [2.24, 2.45) is 5.73 Å². The molecule has 2 aliphatic rings. The number of hydrogen-bond donors (Lipinski definition) is 1. The number of carbonyl (C=O) groups excluding carboxylic acids is 1. The molecule has 16 heavy (non-hydrogen) atoms. The second kappa shape index (κ2) is 4.69. The molecule has 1 atom stereocenters. The number of rotatable bonds is 3. The summed E-state index contributed by atoms with van der Waals surface area (Å²) in [7, 11) is 0. The lowest BCUT2D eigenvalue weighted by molar-refractivity contribution is -0.132. The summed E-state index contributed by atoms with van der Waals surface area (Å²) in [5.41, 5.74) is 5.19. The number of primary amides is 1. The molecule has 92 valence electrons. The van der Waals surface area contributed by atoms with Gasteiger partial charge in [-0.15, -0.1) is 0 Å². The molecule has 1 unspecified atom stereocenters. The van der Waals surface area contributed by atoms with Gasteiger partial charge in [-0.3, -0.25) is 9.69 Å². The Morgan fingerprint density at radius 2 is 2.06 bits per heavy atom. The molecule has 5 heteroatoms. The first-order chi connectivity index (χ1) is 7.69. The van der Waals surface area contributed by atoms with Crippen LogP contribution in [0.25, 0.3) is 0 Å². The number of likely N-dealkylation sites (N-methyl/N-ethyl adjacent to an activating group) is 1. The number of nitrogens with zero attached hydrogens (tertiary/aromatic N) is 2. The van der Waals surface area contributed by atoms with Crippen molar-refractivity contribution in [1.82, 2.24) is 9.80 Å². The Morgan fingerprint density at radius 3 is 2.56 bits per heavy atom. The Hall–Kier alpha value is -0.650. The van der Waals surface area contributed by atoms with Gasteiger partial charge in [-0.25, -0.2) is 0 Å². The number of amides is 1. The minimum Gasteiger partial charge on any atom is -0.379 e. The second-order valence-electron chi connectivity index (χ2n) is 4.61. The Balaban J connectivity index is 2.12. The predicted molar refractivity (Wildman–Crippen MR) is 61.0 cm³/mol. The van der Waals surface area contributed by atoms with E-state index in [-0.39, 0.29) is 5.91 Å². The number of likely N-dealkylation sites (tertiary alicyclic amines) is 1. The Kier molecular flexibility index (Phi) is 3.47. The van der Waals surface area contributed by atoms with Crippen molar-refractivity contribution in [3.63, 3.8) is 0 Å². The van der Waals surface area contributed by atoms with Crippen LogP contribution in [0.4, 0.5) is 0 Å². The number of ether oxygens (including phenoxy) is 1. The van der Waals surface area contributed by atoms with E-state index >= 15 is 0 Å². The van der Waals surface area contributed by atoms with Crippen LogP contribution in [0.2, 0.25) is 0 Å². The molecule has 0 spiro atoms. The first-order valence-electron chi connectivity index (χ1n) is 6.04. The fraction of sp³-hybridized carbons (Fsp3) is 0.909. The first kappa shape index (κ1) is 11.8. The van der Waals surface area contributed by atoms with Crippen LogP contribution >= 0.6 is 0 Å². The zero-order valence-corrected chi connectivity index (χ0v) is 9.95. The minimum atomic E-state index is -0.445. The van der Waals surface area contributed by atoms with Crippen molar-refractivity contribution in [2.45, 2.75) is 18.9 Å². The smallest absolute Gasteiger partial charge is 0.239 e. The van der Waals surface area contributed by atoms with Crippen LogP contribution in [0.15, 0.2) is 0 Å². The van der Waals surface area contributed by atoms with Gasteiger partial charge in [0, 0.05) is 26.2 Å². The van der Waals surface area contributed by atoms with Crippen molar-refractivity contribution in [2.75, 3.05) is 45.9 Å². The monoisotopic (exact) mass is 227 g/mol. The topological polar surface area (TPSA) is 58.8 Å². The van der Waals surface area contributed by atoms with Gasteiger partial charge in [0.05, 0.1) is 13.2 Å². The normalized spacial score (nSPS) is 33.1. The third-order valence-electron chi connectivity index (χ3n) is 3.85. The van der Waals surface area contributed by atoms with E-state index < -0.39 is 5.54 Å². The number of carbonyl (C=O) groups is 1. The molecule has 2 aliphatic heterocycles. The number of hydrogen-bond acceptors (Lipinski definition) is 4. The number of morpholine rings is 1. The van der Waals surface area contributed by atoms with E-state index in [1.165, 1.54) is 0 Å². The lowest BCUT2D eigenvalue weighted by atomic mass is 9.94. The Labute approximate surface area is 96.5 Å². The van der Waals surface area contributed by atoms with E-state index in [4.69, 9.17) is 10.5 Å². The summed E-state index contributed by atoms with van der Waals surface area (Å²) in [4.78, 5) is 16.3. The third kappa shape index (κ3) is 1.95. The van der Waals surface area contributed by atoms with Crippen LogP contribution in [0.5, 0.6) is 0 Å². The van der Waals surface area contributed by atoms with Gasteiger partial charge >= 0.3 is 0 Å². The molecule has 2 rings (SSSR count). The molecule has 0 radical (unpaired) electrons. The molecule has 2 N–H and O–H groups in total. The van der Waals surface area contributed by atoms with Gasteiger partial charge in [-0.1, -0.05) is 6.92 Å². The van der Waals surface area contributed by atoms with Gasteiger partial charge in [0.25, 0.3) is 0 Å². The zero-order valence-electron chi connectivity index (χ0n) is 9.95. The van der Waals surface area contributed by atoms with E-state index in [0.29, 0.717) is 13.2 Å². The summed E-state index contributed by atoms with van der Waals surface area (Å²) >= 11 is 0. The fourth-order valence-corrected chi connectivity index (χ4v) is 2.75. The van der Waals surface area contributed by atoms with Crippen LogP contribution in [0.3, 0.4) is 0 Å². The zero-order chi connectivity index (χ0) is 11.6. The van der Waals surface area contributed by atoms with Crippen LogP contribution in [-0.4, -0.2) is 67.2 Å². The molecule has 0 aromatic heterocycles. The molecule has 2 heterocycles. The van der Waals surface area contributed by atoms with Crippen molar-refractivity contribution in [1.29, 1.82) is 0 Å². The van der Waals surface area contributed by atoms with Crippen LogP contribution in [0.1, 0.15) is 13.3 Å². The maximum Gasteiger partial charge on any atom is 0.239 e. The third-order valence-corrected chi connectivity index (χ3v) is 3.85. The molecular formula is C11H21N3O2. The summed E-state index contributed by atoms with van der Waals surface area (Å²) in [6.45, 7) is 7.91. The van der Waals surface area contributed by atoms with Crippen molar-refractivity contribution in [3.05, 3.63) is 0 Å². The Morgan fingerprint density at radius 1 is 1.38 bits per heavy atom. The summed E-state index contributed by atoms with van der Waals surface area (Å²) in [5.74, 6) is -0.176. The van der Waals surface area contributed by atoms with Crippen molar-refractivity contribution >= 4 is 5.91 Å². The molecule has 1 amide bonds. The van der Waals surface area contributed by atoms with Gasteiger partial charge in [-0.05, 0) is 13.0 Å². The molecule has 0 bridgehead atoms. The summed E-state index contributed by atoms with van der Waals surface area (Å²) in [6.07, 6.45) is 0.857. The van der Waals surface area contributed by atoms with Crippen molar-refractivity contribution in [3.8, 4) is 0 Å². The maximum atomic E-state index is 11.8. The number of nitrogens with two attached hydrogens (primary N) is 1. The van der Waals surface area contributed by atoms with Crippen LogP contribution in [-0.2, 0) is 9.53 Å². The van der Waals surface area contributed by atoms with E-state index in [1.54, 1.807) is 0 Å². The van der Waals surface area contributed by atoms with Gasteiger partial charge in [0.15, 0.2) is 0 Å². The molecule has 2 fully saturated rings. The molecule has 2 saturated heterocycles. The summed E-state index contributed by atoms with van der Waals surface area (Å²) in [5, 5.41) is 0. The van der Waals surface area contributed by atoms with Gasteiger partial charge in [0.1, 0.15) is 5.54 Å². The maximum absolute atomic E-state index is 11.8. The fourth-order valence-electron chi connectivity index (χ4n) is 2.75. The average molecular weight is 227 g/mol. The van der Waals surface area contributed by atoms with Gasteiger partial charge in [0.2, 0.25) is 5.91 Å². The first-order valence-corrected chi connectivity index (χ1v) is 6.04. The molecule has 0 saturated carbocycles. The van der Waals surface area contributed by atoms with E-state index in [0.717, 1.165) is 39.1 Å². The standard InChI is InChI=1S/C11H21N3O2/c1-2-13-4-3-11(9-13,10(12)15)14-5-7-16-8-6-14/h2-9H2,1H3,(H2,12,15). The summed E-state index contributed by atoms with van der Waals surface area (Å²) in [6, 6.07) is 0. The minimum absolute atomic E-state index is 0.176. The molecule has 0 aliphatic carbocycles. The Bertz CT molecular complexity index is 266. The van der Waals surface area contributed by atoms with Gasteiger partial charge in [-0.2, -0.15) is 0 Å². The average Bonchev–Trinajstić information content (AvgIpc) is 2.75. The van der Waals surface area contributed by atoms with Gasteiger partial charge < -0.3 is 15.4 Å². The second-order valence-corrected chi connectivity index (χ2v) is 4.61. The van der Waals surface area contributed by atoms with E-state index in [9.17, 15) is 4.79 Å². The largest absolute Gasteiger partial charge is 0.379 e. The van der Waals surface area contributed by atoms with Crippen LogP contribution < -0.4 is 5.73 Å².